The molecule has 0 amide bonds. The number of hydrogen-bond donors (Lipinski definition) is 1. The molecule has 15 heavy (non-hydrogen) atoms. The first-order chi connectivity index (χ1) is 7.20. The van der Waals surface area contributed by atoms with E-state index in [1.54, 1.807) is 0 Å². The normalized spacial score (nSPS) is 19.1. The maximum atomic E-state index is 6.09. The first kappa shape index (κ1) is 10.5. The Balaban J connectivity index is 2.23. The fraction of sp³-hybridized carbons (Fsp3) is 0.750. The van der Waals surface area contributed by atoms with Gasteiger partial charge < -0.3 is 5.73 Å². The number of nitrogen functional groups attached to an aromatic ring is 1. The van der Waals surface area contributed by atoms with Gasteiger partial charge in [-0.05, 0) is 26.7 Å². The van der Waals surface area contributed by atoms with Gasteiger partial charge >= 0.3 is 0 Å². The minimum atomic E-state index is 0.542. The van der Waals surface area contributed by atoms with Gasteiger partial charge in [-0.15, -0.1) is 0 Å². The summed E-state index contributed by atoms with van der Waals surface area (Å²) in [5.74, 6) is 0.874. The summed E-state index contributed by atoms with van der Waals surface area (Å²) in [4.78, 5) is 0. The van der Waals surface area contributed by atoms with Crippen LogP contribution in [0.5, 0.6) is 0 Å². The van der Waals surface area contributed by atoms with E-state index in [0.717, 1.165) is 17.1 Å². The third-order valence-electron chi connectivity index (χ3n) is 3.60. The highest BCUT2D eigenvalue weighted by Gasteiger charge is 2.18. The number of aromatic nitrogens is 2. The first-order valence-corrected chi connectivity index (χ1v) is 6.01. The van der Waals surface area contributed by atoms with Gasteiger partial charge in [0, 0.05) is 5.56 Å². The number of nitrogens with two attached hydrogens (primary N) is 1. The maximum absolute atomic E-state index is 6.09. The zero-order valence-electron chi connectivity index (χ0n) is 9.79. The molecule has 1 aliphatic carbocycles. The van der Waals surface area contributed by atoms with Crippen LogP contribution in [0.3, 0.4) is 0 Å². The smallest absolute Gasteiger partial charge is 0.125 e. The third kappa shape index (κ3) is 2.01. The van der Waals surface area contributed by atoms with Crippen LogP contribution < -0.4 is 5.73 Å². The molecule has 1 aliphatic rings. The lowest BCUT2D eigenvalue weighted by Crippen LogP contribution is -2.12. The molecule has 0 aliphatic heterocycles. The van der Waals surface area contributed by atoms with Crippen molar-refractivity contribution >= 4 is 5.82 Å². The van der Waals surface area contributed by atoms with Crippen LogP contribution in [0, 0.1) is 13.8 Å². The van der Waals surface area contributed by atoms with Crippen molar-refractivity contribution < 1.29 is 0 Å². The summed E-state index contributed by atoms with van der Waals surface area (Å²) in [7, 11) is 0. The summed E-state index contributed by atoms with van der Waals surface area (Å²) in [6.45, 7) is 4.10. The van der Waals surface area contributed by atoms with Crippen molar-refractivity contribution in [3.63, 3.8) is 0 Å². The van der Waals surface area contributed by atoms with Crippen LogP contribution in [0.1, 0.15) is 55.8 Å². The summed E-state index contributed by atoms with van der Waals surface area (Å²) in [6.07, 6.45) is 7.87. The predicted molar refractivity (Wildman–Crippen MR) is 62.9 cm³/mol. The van der Waals surface area contributed by atoms with Crippen LogP contribution in [0.2, 0.25) is 0 Å². The van der Waals surface area contributed by atoms with Gasteiger partial charge in [-0.25, -0.2) is 4.68 Å². The van der Waals surface area contributed by atoms with E-state index in [4.69, 9.17) is 5.73 Å². The molecule has 2 rings (SSSR count). The average Bonchev–Trinajstić information content (AvgIpc) is 2.51. The Kier molecular flexibility index (Phi) is 2.98. The van der Waals surface area contributed by atoms with E-state index < -0.39 is 0 Å². The lowest BCUT2D eigenvalue weighted by molar-refractivity contribution is 0.409. The molecular formula is C12H21N3. The highest BCUT2D eigenvalue weighted by atomic mass is 15.3. The SMILES string of the molecule is Cc1nn(C2CCCCCC2)c(N)c1C. The van der Waals surface area contributed by atoms with Crippen molar-refractivity contribution in [3.05, 3.63) is 11.3 Å². The quantitative estimate of drug-likeness (QED) is 0.719. The zero-order chi connectivity index (χ0) is 10.8. The molecule has 1 fully saturated rings. The highest BCUT2D eigenvalue weighted by Crippen LogP contribution is 2.30. The number of nitrogens with zero attached hydrogens (tertiary/aromatic N) is 2. The lowest BCUT2D eigenvalue weighted by Gasteiger charge is -2.16. The summed E-state index contributed by atoms with van der Waals surface area (Å²) in [6, 6.07) is 0.542. The van der Waals surface area contributed by atoms with Gasteiger partial charge in [0.05, 0.1) is 11.7 Å². The van der Waals surface area contributed by atoms with E-state index in [1.807, 2.05) is 6.92 Å². The summed E-state index contributed by atoms with van der Waals surface area (Å²) >= 11 is 0. The molecular weight excluding hydrogens is 186 g/mol. The van der Waals surface area contributed by atoms with E-state index >= 15 is 0 Å². The number of aryl methyl sites for hydroxylation is 1. The molecule has 3 heteroatoms. The van der Waals surface area contributed by atoms with Crippen LogP contribution in [-0.4, -0.2) is 9.78 Å². The molecule has 3 nitrogen and oxygen atoms in total. The fourth-order valence-corrected chi connectivity index (χ4v) is 2.43. The highest BCUT2D eigenvalue weighted by molar-refractivity contribution is 5.42. The van der Waals surface area contributed by atoms with Gasteiger partial charge in [0.15, 0.2) is 0 Å². The number of rotatable bonds is 1. The van der Waals surface area contributed by atoms with E-state index in [9.17, 15) is 0 Å². The lowest BCUT2D eigenvalue weighted by atomic mass is 10.1. The Bertz CT molecular complexity index is 333. The Hall–Kier alpha value is -0.990. The van der Waals surface area contributed by atoms with Crippen molar-refractivity contribution in [1.82, 2.24) is 9.78 Å². The molecule has 1 saturated carbocycles. The van der Waals surface area contributed by atoms with Gasteiger partial charge in [-0.3, -0.25) is 0 Å². The fourth-order valence-electron chi connectivity index (χ4n) is 2.43. The van der Waals surface area contributed by atoms with Crippen LogP contribution >= 0.6 is 0 Å². The molecule has 1 aromatic heterocycles. The van der Waals surface area contributed by atoms with Crippen molar-refractivity contribution in [2.75, 3.05) is 5.73 Å². The van der Waals surface area contributed by atoms with Gasteiger partial charge in [-0.2, -0.15) is 5.10 Å². The topological polar surface area (TPSA) is 43.8 Å². The van der Waals surface area contributed by atoms with E-state index in [0.29, 0.717) is 6.04 Å². The molecule has 0 atom stereocenters. The van der Waals surface area contributed by atoms with Crippen molar-refractivity contribution in [2.24, 2.45) is 0 Å². The van der Waals surface area contributed by atoms with Crippen LogP contribution in [-0.2, 0) is 0 Å². The van der Waals surface area contributed by atoms with Crippen molar-refractivity contribution in [3.8, 4) is 0 Å². The zero-order valence-corrected chi connectivity index (χ0v) is 9.79. The minimum absolute atomic E-state index is 0.542. The van der Waals surface area contributed by atoms with E-state index in [2.05, 4.69) is 16.7 Å². The van der Waals surface area contributed by atoms with Crippen LogP contribution in [0.15, 0.2) is 0 Å². The summed E-state index contributed by atoms with van der Waals surface area (Å²) in [5.41, 5.74) is 8.32. The standard InChI is InChI=1S/C12H21N3/c1-9-10(2)14-15(12(9)13)11-7-5-3-4-6-8-11/h11H,3-8,13H2,1-2H3. The molecule has 1 aromatic rings. The second kappa shape index (κ2) is 4.25. The number of hydrogen-bond acceptors (Lipinski definition) is 2. The third-order valence-corrected chi connectivity index (χ3v) is 3.60. The summed E-state index contributed by atoms with van der Waals surface area (Å²) in [5, 5.41) is 4.57. The molecule has 0 radical (unpaired) electrons. The average molecular weight is 207 g/mol. The molecule has 0 saturated heterocycles. The monoisotopic (exact) mass is 207 g/mol. The Morgan fingerprint density at radius 2 is 1.73 bits per heavy atom. The molecule has 2 N–H and O–H groups in total. The molecule has 0 aromatic carbocycles. The Morgan fingerprint density at radius 1 is 1.13 bits per heavy atom. The minimum Gasteiger partial charge on any atom is -0.384 e. The van der Waals surface area contributed by atoms with E-state index in [1.165, 1.54) is 38.5 Å². The van der Waals surface area contributed by atoms with Gasteiger partial charge in [-0.1, -0.05) is 25.7 Å². The predicted octanol–water partition coefficient (Wildman–Crippen LogP) is 2.98. The molecule has 1 heterocycles. The van der Waals surface area contributed by atoms with Crippen LogP contribution in [0.4, 0.5) is 5.82 Å². The molecule has 0 unspecified atom stereocenters. The molecule has 84 valence electrons. The van der Waals surface area contributed by atoms with Gasteiger partial charge in [0.1, 0.15) is 5.82 Å². The Labute approximate surface area is 91.7 Å². The summed E-state index contributed by atoms with van der Waals surface area (Å²) < 4.78 is 2.07. The van der Waals surface area contributed by atoms with Crippen molar-refractivity contribution in [2.45, 2.75) is 58.4 Å². The number of anilines is 1. The largest absolute Gasteiger partial charge is 0.384 e. The second-order valence-corrected chi connectivity index (χ2v) is 4.69. The van der Waals surface area contributed by atoms with Gasteiger partial charge in [0.2, 0.25) is 0 Å². The second-order valence-electron chi connectivity index (χ2n) is 4.69. The molecule has 0 spiro atoms. The van der Waals surface area contributed by atoms with Crippen LogP contribution in [0.25, 0.3) is 0 Å². The maximum Gasteiger partial charge on any atom is 0.125 e. The van der Waals surface area contributed by atoms with Gasteiger partial charge in [0.25, 0.3) is 0 Å². The van der Waals surface area contributed by atoms with E-state index in [-0.39, 0.29) is 0 Å². The molecule has 0 bridgehead atoms. The first-order valence-electron chi connectivity index (χ1n) is 6.01. The van der Waals surface area contributed by atoms with Crippen molar-refractivity contribution in [1.29, 1.82) is 0 Å². The Morgan fingerprint density at radius 3 is 2.20 bits per heavy atom.